The van der Waals surface area contributed by atoms with E-state index in [4.69, 9.17) is 11.6 Å². The first-order chi connectivity index (χ1) is 8.93. The zero-order valence-corrected chi connectivity index (χ0v) is 10.9. The Balaban J connectivity index is 2.57. The highest BCUT2D eigenvalue weighted by Gasteiger charge is 2.45. The molecule has 0 bridgehead atoms. The summed E-state index contributed by atoms with van der Waals surface area (Å²) in [5, 5.41) is 0.377. The molecule has 0 radical (unpaired) electrons. The summed E-state index contributed by atoms with van der Waals surface area (Å²) >= 11 is 6.07. The predicted octanol–water partition coefficient (Wildman–Crippen LogP) is 2.27. The Bertz CT molecular complexity index is 591. The standard InChI is InChI=1S/C14H11ClO4/c1-7-11(9-5-3-4-6-10(9)15)12(8(2)16)14(18)19-13(7)17/h3-6,11-12H,1H2,2H3/t11-,12-/m1/s1. The monoisotopic (exact) mass is 278 g/mol. The number of ether oxygens (including phenoxy) is 1. The van der Waals surface area contributed by atoms with Crippen molar-refractivity contribution in [1.82, 2.24) is 0 Å². The topological polar surface area (TPSA) is 60.4 Å². The Kier molecular flexibility index (Phi) is 3.53. The van der Waals surface area contributed by atoms with E-state index in [2.05, 4.69) is 11.3 Å². The second-order valence-corrected chi connectivity index (χ2v) is 4.73. The lowest BCUT2D eigenvalue weighted by atomic mass is 9.77. The van der Waals surface area contributed by atoms with Crippen LogP contribution < -0.4 is 0 Å². The lowest BCUT2D eigenvalue weighted by molar-refractivity contribution is -0.165. The zero-order chi connectivity index (χ0) is 14.2. The van der Waals surface area contributed by atoms with Gasteiger partial charge in [-0.3, -0.25) is 9.59 Å². The van der Waals surface area contributed by atoms with Gasteiger partial charge in [-0.1, -0.05) is 36.4 Å². The van der Waals surface area contributed by atoms with Crippen molar-refractivity contribution >= 4 is 29.3 Å². The maximum Gasteiger partial charge on any atom is 0.341 e. The molecule has 5 heteroatoms. The second kappa shape index (κ2) is 4.97. The molecule has 19 heavy (non-hydrogen) atoms. The Hall–Kier alpha value is -1.94. The summed E-state index contributed by atoms with van der Waals surface area (Å²) in [4.78, 5) is 35.0. The summed E-state index contributed by atoms with van der Waals surface area (Å²) in [5.74, 6) is -3.89. The third kappa shape index (κ3) is 2.31. The van der Waals surface area contributed by atoms with Gasteiger partial charge in [0.15, 0.2) is 0 Å². The summed E-state index contributed by atoms with van der Waals surface area (Å²) in [5.41, 5.74) is 0.590. The van der Waals surface area contributed by atoms with Crippen molar-refractivity contribution in [2.75, 3.05) is 0 Å². The lowest BCUT2D eigenvalue weighted by Gasteiger charge is -2.29. The van der Waals surface area contributed by atoms with Crippen LogP contribution in [0.4, 0.5) is 0 Å². The summed E-state index contributed by atoms with van der Waals surface area (Å²) in [6.45, 7) is 4.90. The van der Waals surface area contributed by atoms with E-state index >= 15 is 0 Å². The minimum absolute atomic E-state index is 0.0629. The minimum atomic E-state index is -1.08. The number of carbonyl (C=O) groups is 3. The van der Waals surface area contributed by atoms with Crippen LogP contribution in [-0.2, 0) is 19.1 Å². The Morgan fingerprint density at radius 1 is 1.32 bits per heavy atom. The van der Waals surface area contributed by atoms with Crippen LogP contribution in [0, 0.1) is 5.92 Å². The zero-order valence-electron chi connectivity index (χ0n) is 10.2. The number of cyclic esters (lactones) is 2. The first-order valence-corrected chi connectivity index (χ1v) is 6.01. The number of benzene rings is 1. The molecule has 1 aliphatic heterocycles. The van der Waals surface area contributed by atoms with Crippen LogP contribution in [0.5, 0.6) is 0 Å². The summed E-state index contributed by atoms with van der Waals surface area (Å²) < 4.78 is 4.52. The molecule has 2 atom stereocenters. The molecule has 1 aromatic carbocycles. The number of hydrogen-bond acceptors (Lipinski definition) is 4. The molecule has 1 aliphatic rings. The van der Waals surface area contributed by atoms with Crippen molar-refractivity contribution in [2.45, 2.75) is 12.8 Å². The van der Waals surface area contributed by atoms with Gasteiger partial charge in [-0.05, 0) is 18.6 Å². The van der Waals surface area contributed by atoms with Gasteiger partial charge >= 0.3 is 11.9 Å². The van der Waals surface area contributed by atoms with E-state index in [0.29, 0.717) is 10.6 Å². The van der Waals surface area contributed by atoms with E-state index < -0.39 is 23.8 Å². The first kappa shape index (κ1) is 13.5. The van der Waals surface area contributed by atoms with Gasteiger partial charge in [0.25, 0.3) is 0 Å². The van der Waals surface area contributed by atoms with Crippen LogP contribution >= 0.6 is 11.6 Å². The highest BCUT2D eigenvalue weighted by Crippen LogP contribution is 2.39. The quantitative estimate of drug-likeness (QED) is 0.473. The molecular weight excluding hydrogens is 268 g/mol. The molecule has 0 amide bonds. The molecule has 1 aromatic rings. The van der Waals surface area contributed by atoms with Gasteiger partial charge in [0.1, 0.15) is 11.7 Å². The van der Waals surface area contributed by atoms with E-state index in [1.165, 1.54) is 6.92 Å². The average molecular weight is 279 g/mol. The number of hydrogen-bond donors (Lipinski definition) is 0. The van der Waals surface area contributed by atoms with E-state index in [1.807, 2.05) is 0 Å². The molecule has 1 fully saturated rings. The number of Topliss-reactive ketones (excluding diaryl/α,β-unsaturated/α-hetero) is 1. The van der Waals surface area contributed by atoms with Crippen molar-refractivity contribution in [2.24, 2.45) is 5.92 Å². The number of esters is 2. The molecule has 0 saturated carbocycles. The molecule has 98 valence electrons. The van der Waals surface area contributed by atoms with Crippen LogP contribution in [0.3, 0.4) is 0 Å². The lowest BCUT2D eigenvalue weighted by Crippen LogP contribution is -2.39. The number of carbonyl (C=O) groups excluding carboxylic acids is 3. The van der Waals surface area contributed by atoms with E-state index in [1.54, 1.807) is 24.3 Å². The fourth-order valence-corrected chi connectivity index (χ4v) is 2.43. The molecule has 0 N–H and O–H groups in total. The van der Waals surface area contributed by atoms with Gasteiger partial charge in [0.05, 0.1) is 0 Å². The number of halogens is 1. The van der Waals surface area contributed by atoms with Gasteiger partial charge in [0, 0.05) is 16.5 Å². The first-order valence-electron chi connectivity index (χ1n) is 5.63. The van der Waals surface area contributed by atoms with Crippen LogP contribution in [0.15, 0.2) is 36.4 Å². The third-order valence-corrected chi connectivity index (χ3v) is 3.44. The maximum absolute atomic E-state index is 11.7. The van der Waals surface area contributed by atoms with Crippen molar-refractivity contribution in [3.8, 4) is 0 Å². The molecule has 0 unspecified atom stereocenters. The number of rotatable bonds is 2. The van der Waals surface area contributed by atoms with Gasteiger partial charge in [-0.15, -0.1) is 0 Å². The molecule has 4 nitrogen and oxygen atoms in total. The SMILES string of the molecule is C=C1C(=O)OC(=O)[C@H](C(C)=O)[C@H]1c1ccccc1Cl. The molecule has 1 heterocycles. The predicted molar refractivity (Wildman–Crippen MR) is 68.6 cm³/mol. The van der Waals surface area contributed by atoms with Gasteiger partial charge in [-0.2, -0.15) is 0 Å². The highest BCUT2D eigenvalue weighted by molar-refractivity contribution is 6.31. The molecule has 1 saturated heterocycles. The highest BCUT2D eigenvalue weighted by atomic mass is 35.5. The second-order valence-electron chi connectivity index (χ2n) is 4.32. The van der Waals surface area contributed by atoms with Crippen molar-refractivity contribution < 1.29 is 19.1 Å². The average Bonchev–Trinajstić information content (AvgIpc) is 2.34. The normalized spacial score (nSPS) is 23.2. The van der Waals surface area contributed by atoms with Crippen LogP contribution in [-0.4, -0.2) is 17.7 Å². The maximum atomic E-state index is 11.7. The van der Waals surface area contributed by atoms with Gasteiger partial charge in [0.2, 0.25) is 0 Å². The summed E-state index contributed by atoms with van der Waals surface area (Å²) in [7, 11) is 0. The largest absolute Gasteiger partial charge is 0.389 e. The molecule has 2 rings (SSSR count). The molecule has 0 spiro atoms. The van der Waals surface area contributed by atoms with Crippen LogP contribution in [0.1, 0.15) is 18.4 Å². The minimum Gasteiger partial charge on any atom is -0.389 e. The summed E-state index contributed by atoms with van der Waals surface area (Å²) in [6, 6.07) is 6.74. The third-order valence-electron chi connectivity index (χ3n) is 3.10. The summed E-state index contributed by atoms with van der Waals surface area (Å²) in [6.07, 6.45) is 0. The number of ketones is 1. The molecular formula is C14H11ClO4. The van der Waals surface area contributed by atoms with Gasteiger partial charge < -0.3 is 4.74 Å². The van der Waals surface area contributed by atoms with Crippen molar-refractivity contribution in [3.05, 3.63) is 47.0 Å². The van der Waals surface area contributed by atoms with Crippen LogP contribution in [0.2, 0.25) is 5.02 Å². The fourth-order valence-electron chi connectivity index (χ4n) is 2.18. The Labute approximate surface area is 115 Å². The Morgan fingerprint density at radius 2 is 1.95 bits per heavy atom. The molecule has 0 aliphatic carbocycles. The smallest absolute Gasteiger partial charge is 0.341 e. The van der Waals surface area contributed by atoms with E-state index in [-0.39, 0.29) is 11.4 Å². The van der Waals surface area contributed by atoms with E-state index in [9.17, 15) is 14.4 Å². The van der Waals surface area contributed by atoms with E-state index in [0.717, 1.165) is 0 Å². The molecule has 0 aromatic heterocycles. The fraction of sp³-hybridized carbons (Fsp3) is 0.214. The van der Waals surface area contributed by atoms with Crippen molar-refractivity contribution in [3.63, 3.8) is 0 Å². The Morgan fingerprint density at radius 3 is 2.53 bits per heavy atom. The van der Waals surface area contributed by atoms with Crippen molar-refractivity contribution in [1.29, 1.82) is 0 Å². The van der Waals surface area contributed by atoms with Gasteiger partial charge in [-0.25, -0.2) is 4.79 Å². The van der Waals surface area contributed by atoms with Crippen LogP contribution in [0.25, 0.3) is 0 Å².